The molecule has 0 bridgehead atoms. The van der Waals surface area contributed by atoms with E-state index in [1.807, 2.05) is 0 Å². The molecule has 0 atom stereocenters. The molecule has 0 aromatic heterocycles. The van der Waals surface area contributed by atoms with Crippen molar-refractivity contribution in [3.05, 3.63) is 42.0 Å². The van der Waals surface area contributed by atoms with Crippen LogP contribution in [0.4, 0.5) is 0 Å². The Labute approximate surface area is 93.2 Å². The van der Waals surface area contributed by atoms with Crippen LogP contribution in [0, 0.1) is 0 Å². The molecule has 1 N–H and O–H groups in total. The van der Waals surface area contributed by atoms with E-state index in [2.05, 4.69) is 6.58 Å². The number of carboxylic acids is 1. The van der Waals surface area contributed by atoms with Gasteiger partial charge in [-0.25, -0.2) is 4.79 Å². The van der Waals surface area contributed by atoms with Gasteiger partial charge in [-0.05, 0) is 19.1 Å². The Hall–Kier alpha value is -2.10. The molecule has 0 unspecified atom stereocenters. The molecule has 0 saturated heterocycles. The molecule has 0 saturated carbocycles. The van der Waals surface area contributed by atoms with E-state index in [0.29, 0.717) is 0 Å². The van der Waals surface area contributed by atoms with E-state index in [9.17, 15) is 9.59 Å². The number of carbonyl (C=O) groups excluding carboxylic acids is 1. The number of ketones is 1. The third-order valence-corrected chi connectivity index (χ3v) is 1.97. The quantitative estimate of drug-likeness (QED) is 0.610. The first-order valence-corrected chi connectivity index (χ1v) is 4.69. The predicted octanol–water partition coefficient (Wildman–Crippen LogP) is 2.15. The van der Waals surface area contributed by atoms with E-state index in [1.165, 1.54) is 31.2 Å². The third-order valence-electron chi connectivity index (χ3n) is 1.97. The number of rotatable bonds is 5. The summed E-state index contributed by atoms with van der Waals surface area (Å²) < 4.78 is 5.22. The maximum Gasteiger partial charge on any atom is 0.339 e. The Morgan fingerprint density at radius 1 is 1.44 bits per heavy atom. The van der Waals surface area contributed by atoms with Crippen LogP contribution in [0.1, 0.15) is 27.6 Å². The second-order valence-corrected chi connectivity index (χ2v) is 3.14. The molecule has 0 aliphatic rings. The fourth-order valence-electron chi connectivity index (χ4n) is 1.28. The van der Waals surface area contributed by atoms with Crippen LogP contribution < -0.4 is 4.74 Å². The van der Waals surface area contributed by atoms with E-state index in [-0.39, 0.29) is 29.3 Å². The summed E-state index contributed by atoms with van der Waals surface area (Å²) >= 11 is 0. The lowest BCUT2D eigenvalue weighted by atomic mass is 10.1. The van der Waals surface area contributed by atoms with Gasteiger partial charge in [0.25, 0.3) is 0 Å². The Morgan fingerprint density at radius 2 is 2.06 bits per heavy atom. The van der Waals surface area contributed by atoms with E-state index in [1.54, 1.807) is 0 Å². The Balaban J connectivity index is 3.28. The van der Waals surface area contributed by atoms with Crippen LogP contribution in [0.5, 0.6) is 5.75 Å². The van der Waals surface area contributed by atoms with Gasteiger partial charge in [-0.1, -0.05) is 18.7 Å². The summed E-state index contributed by atoms with van der Waals surface area (Å²) in [5, 5.41) is 8.95. The Morgan fingerprint density at radius 3 is 2.56 bits per heavy atom. The van der Waals surface area contributed by atoms with Crippen molar-refractivity contribution in [2.45, 2.75) is 6.92 Å². The topological polar surface area (TPSA) is 63.6 Å². The molecule has 0 aliphatic heterocycles. The van der Waals surface area contributed by atoms with Gasteiger partial charge in [0.05, 0.1) is 5.56 Å². The zero-order chi connectivity index (χ0) is 12.1. The summed E-state index contributed by atoms with van der Waals surface area (Å²) in [7, 11) is 0. The molecule has 0 radical (unpaired) electrons. The lowest BCUT2D eigenvalue weighted by molar-refractivity contribution is 0.0692. The predicted molar refractivity (Wildman–Crippen MR) is 59.1 cm³/mol. The highest BCUT2D eigenvalue weighted by Gasteiger charge is 2.17. The summed E-state index contributed by atoms with van der Waals surface area (Å²) in [6.45, 7) is 4.99. The molecule has 0 amide bonds. The van der Waals surface area contributed by atoms with Gasteiger partial charge in [0, 0.05) is 0 Å². The highest BCUT2D eigenvalue weighted by molar-refractivity contribution is 6.01. The molecule has 1 rings (SSSR count). The smallest absolute Gasteiger partial charge is 0.339 e. The standard InChI is InChI=1S/C12H12O4/c1-3-7-16-11-9(8(2)13)5-4-6-10(11)12(14)15/h3-6H,1,7H2,2H3,(H,14,15). The summed E-state index contributed by atoms with van der Waals surface area (Å²) in [5.41, 5.74) is 0.247. The van der Waals surface area contributed by atoms with Gasteiger partial charge in [0.15, 0.2) is 5.78 Å². The number of carboxylic acid groups (broad SMARTS) is 1. The number of Topliss-reactive ketones (excluding diaryl/α,β-unsaturated/α-hetero) is 1. The van der Waals surface area contributed by atoms with E-state index < -0.39 is 5.97 Å². The number of para-hydroxylation sites is 1. The van der Waals surface area contributed by atoms with Crippen molar-refractivity contribution in [2.75, 3.05) is 6.61 Å². The lowest BCUT2D eigenvalue weighted by Crippen LogP contribution is -2.08. The van der Waals surface area contributed by atoms with Crippen molar-refractivity contribution in [1.29, 1.82) is 0 Å². The zero-order valence-electron chi connectivity index (χ0n) is 8.90. The van der Waals surface area contributed by atoms with Crippen molar-refractivity contribution in [2.24, 2.45) is 0 Å². The number of benzene rings is 1. The highest BCUT2D eigenvalue weighted by atomic mass is 16.5. The third kappa shape index (κ3) is 2.48. The second kappa shape index (κ2) is 5.11. The van der Waals surface area contributed by atoms with Crippen molar-refractivity contribution in [3.63, 3.8) is 0 Å². The van der Waals surface area contributed by atoms with Crippen LogP contribution >= 0.6 is 0 Å². The fourth-order valence-corrected chi connectivity index (χ4v) is 1.28. The molecule has 0 aliphatic carbocycles. The molecule has 0 spiro atoms. The van der Waals surface area contributed by atoms with Gasteiger partial charge in [0.1, 0.15) is 17.9 Å². The summed E-state index contributed by atoms with van der Waals surface area (Å²) in [4.78, 5) is 22.2. The Bertz CT molecular complexity index is 402. The van der Waals surface area contributed by atoms with Crippen LogP contribution in [-0.2, 0) is 0 Å². The molecule has 0 fully saturated rings. The van der Waals surface area contributed by atoms with Gasteiger partial charge in [0.2, 0.25) is 0 Å². The normalized spacial score (nSPS) is 9.56. The van der Waals surface area contributed by atoms with Gasteiger partial charge < -0.3 is 9.84 Å². The zero-order valence-corrected chi connectivity index (χ0v) is 8.90. The lowest BCUT2D eigenvalue weighted by Gasteiger charge is -2.10. The summed E-state index contributed by atoms with van der Waals surface area (Å²) in [5.74, 6) is -1.26. The molecule has 16 heavy (non-hydrogen) atoms. The van der Waals surface area contributed by atoms with E-state index in [4.69, 9.17) is 9.84 Å². The maximum atomic E-state index is 11.3. The molecule has 1 aromatic carbocycles. The molecule has 0 heterocycles. The number of ether oxygens (including phenoxy) is 1. The molecule has 1 aromatic rings. The number of hydrogen-bond donors (Lipinski definition) is 1. The number of aromatic carboxylic acids is 1. The maximum absolute atomic E-state index is 11.3. The van der Waals surface area contributed by atoms with Crippen molar-refractivity contribution >= 4 is 11.8 Å². The minimum atomic E-state index is -1.12. The first-order valence-electron chi connectivity index (χ1n) is 4.69. The first-order chi connectivity index (χ1) is 7.57. The summed E-state index contributed by atoms with van der Waals surface area (Å²) in [6.07, 6.45) is 1.49. The van der Waals surface area contributed by atoms with Crippen LogP contribution in [0.2, 0.25) is 0 Å². The monoisotopic (exact) mass is 220 g/mol. The average molecular weight is 220 g/mol. The van der Waals surface area contributed by atoms with Crippen LogP contribution in [0.25, 0.3) is 0 Å². The van der Waals surface area contributed by atoms with Crippen molar-refractivity contribution in [1.82, 2.24) is 0 Å². The largest absolute Gasteiger partial charge is 0.488 e. The molecular weight excluding hydrogens is 208 g/mol. The van der Waals surface area contributed by atoms with E-state index >= 15 is 0 Å². The molecule has 4 nitrogen and oxygen atoms in total. The minimum Gasteiger partial charge on any atom is -0.488 e. The number of hydrogen-bond acceptors (Lipinski definition) is 3. The average Bonchev–Trinajstić information content (AvgIpc) is 2.25. The van der Waals surface area contributed by atoms with Crippen LogP contribution in [0.3, 0.4) is 0 Å². The van der Waals surface area contributed by atoms with Crippen molar-refractivity contribution in [3.8, 4) is 5.75 Å². The van der Waals surface area contributed by atoms with Gasteiger partial charge in [-0.15, -0.1) is 0 Å². The molecular formula is C12H12O4. The second-order valence-electron chi connectivity index (χ2n) is 3.14. The van der Waals surface area contributed by atoms with E-state index in [0.717, 1.165) is 0 Å². The van der Waals surface area contributed by atoms with Crippen LogP contribution in [0.15, 0.2) is 30.9 Å². The SMILES string of the molecule is C=CCOc1c(C(C)=O)cccc1C(=O)O. The number of carbonyl (C=O) groups is 2. The van der Waals surface area contributed by atoms with Gasteiger partial charge in [-0.2, -0.15) is 0 Å². The fraction of sp³-hybridized carbons (Fsp3) is 0.167. The van der Waals surface area contributed by atoms with Gasteiger partial charge >= 0.3 is 5.97 Å². The highest BCUT2D eigenvalue weighted by Crippen LogP contribution is 2.24. The Kier molecular flexibility index (Phi) is 3.83. The molecule has 4 heteroatoms. The summed E-state index contributed by atoms with van der Waals surface area (Å²) in [6, 6.07) is 4.45. The minimum absolute atomic E-state index is 0.0189. The van der Waals surface area contributed by atoms with Gasteiger partial charge in [-0.3, -0.25) is 4.79 Å². The first kappa shape index (κ1) is 12.0. The molecule has 84 valence electrons. The van der Waals surface area contributed by atoms with Crippen molar-refractivity contribution < 1.29 is 19.4 Å². The van der Waals surface area contributed by atoms with Crippen LogP contribution in [-0.4, -0.2) is 23.5 Å².